The number of hydrogen-bond donors (Lipinski definition) is 5. The van der Waals surface area contributed by atoms with Crippen LogP contribution < -0.4 is 21.3 Å². The van der Waals surface area contributed by atoms with Gasteiger partial charge in [0.15, 0.2) is 0 Å². The summed E-state index contributed by atoms with van der Waals surface area (Å²) in [5.41, 5.74) is -1.13. The van der Waals surface area contributed by atoms with Gasteiger partial charge in [0.1, 0.15) is 19.8 Å². The zero-order chi connectivity index (χ0) is 43.1. The zero-order valence-corrected chi connectivity index (χ0v) is 36.2. The van der Waals surface area contributed by atoms with Gasteiger partial charge in [0.25, 0.3) is 6.57 Å². The molecule has 1 aliphatic rings. The van der Waals surface area contributed by atoms with E-state index in [2.05, 4.69) is 51.3 Å². The maximum atomic E-state index is 13.8. The third-order valence-corrected chi connectivity index (χ3v) is 13.2. The number of carbonyl (C=O) groups is 4. The molecule has 0 radical (unpaired) electrons. The van der Waals surface area contributed by atoms with Crippen LogP contribution in [-0.2, 0) is 56.7 Å². The summed E-state index contributed by atoms with van der Waals surface area (Å²) >= 11 is 4.30. The van der Waals surface area contributed by atoms with E-state index in [0.717, 1.165) is 0 Å². The Morgan fingerprint density at radius 1 is 0.621 bits per heavy atom. The van der Waals surface area contributed by atoms with Crippen LogP contribution in [-0.4, -0.2) is 139 Å². The van der Waals surface area contributed by atoms with Crippen LogP contribution in [0.15, 0.2) is 0 Å². The van der Waals surface area contributed by atoms with Gasteiger partial charge in [0, 0.05) is 55.5 Å². The fourth-order valence-corrected chi connectivity index (χ4v) is 6.61. The average Bonchev–Trinajstić information content (AvgIpc) is 3.16. The van der Waals surface area contributed by atoms with Crippen LogP contribution >= 0.6 is 18.8 Å². The number of amides is 4. The molecule has 0 heterocycles. The monoisotopic (exact) mass is 856 g/mol. The van der Waals surface area contributed by atoms with Gasteiger partial charge in [0.2, 0.25) is 23.6 Å². The molecule has 1 unspecified atom stereocenters. The predicted octanol–water partition coefficient (Wildman–Crippen LogP) is 2.25. The molecule has 1 saturated carbocycles. The van der Waals surface area contributed by atoms with Crippen LogP contribution in [0.1, 0.15) is 72.1 Å². The lowest BCUT2D eigenvalue weighted by Crippen LogP contribution is -2.54. The van der Waals surface area contributed by atoms with Crippen LogP contribution in [0.3, 0.4) is 0 Å². The first-order valence-electron chi connectivity index (χ1n) is 19.6. The highest BCUT2D eigenvalue weighted by molar-refractivity contribution is 8.46. The van der Waals surface area contributed by atoms with Gasteiger partial charge in [-0.15, -0.1) is 19.3 Å². The van der Waals surface area contributed by atoms with Crippen molar-refractivity contribution in [3.8, 4) is 37.0 Å². The predicted molar refractivity (Wildman–Crippen MR) is 223 cm³/mol. The highest BCUT2D eigenvalue weighted by atomic mass is 32.7. The van der Waals surface area contributed by atoms with E-state index in [1.165, 1.54) is 0 Å². The van der Waals surface area contributed by atoms with Gasteiger partial charge >= 0.3 is 0 Å². The Hall–Kier alpha value is -3.14. The van der Waals surface area contributed by atoms with Crippen molar-refractivity contribution in [2.45, 2.75) is 88.9 Å². The van der Waals surface area contributed by atoms with E-state index in [1.54, 1.807) is 20.8 Å². The molecule has 0 aromatic heterocycles. The first-order chi connectivity index (χ1) is 27.7. The van der Waals surface area contributed by atoms with Gasteiger partial charge < -0.3 is 54.2 Å². The minimum absolute atomic E-state index is 0.00913. The summed E-state index contributed by atoms with van der Waals surface area (Å²) in [5.74, 6) is 5.44. The quantitative estimate of drug-likeness (QED) is 0.0275. The molecule has 1 fully saturated rings. The van der Waals surface area contributed by atoms with Gasteiger partial charge in [-0.25, -0.2) is 0 Å². The van der Waals surface area contributed by atoms with Crippen LogP contribution in [0.2, 0.25) is 0 Å². The van der Waals surface area contributed by atoms with Gasteiger partial charge in [-0.05, 0) is 32.1 Å². The van der Waals surface area contributed by atoms with E-state index in [4.69, 9.17) is 52.2 Å². The molecule has 0 aliphatic heterocycles. The lowest BCUT2D eigenvalue weighted by atomic mass is 9.78. The molecular weight excluding hydrogens is 791 g/mol. The number of rotatable bonds is 34. The molecule has 328 valence electrons. The smallest absolute Gasteiger partial charge is 0.260 e. The molecule has 58 heavy (non-hydrogen) atoms. The number of ether oxygens (including phenoxy) is 6. The fourth-order valence-electron chi connectivity index (χ4n) is 5.32. The van der Waals surface area contributed by atoms with Crippen molar-refractivity contribution in [3.63, 3.8) is 0 Å². The van der Waals surface area contributed by atoms with E-state index in [0.29, 0.717) is 52.5 Å². The Morgan fingerprint density at radius 2 is 0.966 bits per heavy atom. The molecule has 4 amide bonds. The summed E-state index contributed by atoms with van der Waals surface area (Å²) in [6.07, 6.45) is 16.1. The molecule has 1 rings (SSSR count). The van der Waals surface area contributed by atoms with Gasteiger partial charge in [-0.3, -0.25) is 23.7 Å². The van der Waals surface area contributed by atoms with E-state index in [-0.39, 0.29) is 121 Å². The highest BCUT2D eigenvalue weighted by Crippen LogP contribution is 2.64. The maximum absolute atomic E-state index is 13.8. The second-order valence-electron chi connectivity index (χ2n) is 14.5. The number of thiol groups is 1. The van der Waals surface area contributed by atoms with E-state index in [1.807, 2.05) is 0 Å². The highest BCUT2D eigenvalue weighted by Gasteiger charge is 2.44. The minimum Gasteiger partial charge on any atom is -0.377 e. The van der Waals surface area contributed by atoms with Crippen LogP contribution in [0.4, 0.5) is 0 Å². The minimum atomic E-state index is -3.26. The van der Waals surface area contributed by atoms with E-state index in [9.17, 15) is 23.7 Å². The largest absolute Gasteiger partial charge is 0.377 e. The van der Waals surface area contributed by atoms with Crippen LogP contribution in [0.5, 0.6) is 0 Å². The van der Waals surface area contributed by atoms with Gasteiger partial charge in [-0.2, -0.15) is 0 Å². The Kier molecular flexibility index (Phi) is 28.1. The molecule has 0 aromatic carbocycles. The zero-order valence-electron chi connectivity index (χ0n) is 34.4. The molecule has 0 aromatic rings. The summed E-state index contributed by atoms with van der Waals surface area (Å²) < 4.78 is 50.8. The van der Waals surface area contributed by atoms with Gasteiger partial charge in [0.05, 0.1) is 65.6 Å². The SMILES string of the molecule is C#CCOCCOCCNC(=O)CCC(CCC(=O)NCCOCCOCC#C)(CCC(=O)NCCOCCOCC#C)NC(=O)[C@H]1C[C@H](OP(=O)(S)C(C)(C)C)C1. The fraction of sp³-hybridized carbons (Fsp3) is 0.750. The van der Waals surface area contributed by atoms with Crippen molar-refractivity contribution >= 4 is 42.4 Å². The normalized spacial score (nSPS) is 16.1. The molecular formula is C40H65N4O12PS. The molecule has 0 spiro atoms. The summed E-state index contributed by atoms with van der Waals surface area (Å²) in [6, 6.07) is 0. The molecule has 0 saturated heterocycles. The summed E-state index contributed by atoms with van der Waals surface area (Å²) in [7, 11) is 0. The van der Waals surface area contributed by atoms with Crippen LogP contribution in [0, 0.1) is 42.9 Å². The number of hydrogen-bond acceptors (Lipinski definition) is 12. The third kappa shape index (κ3) is 24.7. The number of nitrogens with one attached hydrogen (secondary N) is 4. The second kappa shape index (κ2) is 30.8. The third-order valence-electron chi connectivity index (χ3n) is 8.86. The molecule has 4 N–H and O–H groups in total. The maximum Gasteiger partial charge on any atom is 0.260 e. The summed E-state index contributed by atoms with van der Waals surface area (Å²) in [6.45, 7) is 5.98. The first-order valence-corrected chi connectivity index (χ1v) is 22.4. The Bertz CT molecular complexity index is 1290. The Labute approximate surface area is 350 Å². The number of terminal acetylenes is 3. The van der Waals surface area contributed by atoms with Crippen LogP contribution in [0.25, 0.3) is 0 Å². The van der Waals surface area contributed by atoms with Crippen molar-refractivity contribution in [1.29, 1.82) is 0 Å². The first kappa shape index (κ1) is 52.9. The standard InChI is InChI=1S/C40H65N4O12PS/c1-7-19-50-25-28-53-22-16-41-35(45)10-13-40(14-11-36(46)42-17-23-54-29-26-51-20-8-2,15-12-37(47)43-18-24-55-30-27-52-21-9-3)44-38(48)33-31-34(32-33)56-57(49,58)39(4,5)6/h1-3,33-34H,10-32H2,4-6H3,(H,41,45)(H,42,46)(H,43,47)(H,44,48)(H,49,58)/t33-,34-,57?. The van der Waals surface area contributed by atoms with Crippen molar-refractivity contribution in [2.75, 3.05) is 98.9 Å². The second-order valence-corrected chi connectivity index (χ2v) is 18.7. The molecule has 0 bridgehead atoms. The molecule has 16 nitrogen and oxygen atoms in total. The van der Waals surface area contributed by atoms with Crippen molar-refractivity contribution in [2.24, 2.45) is 5.92 Å². The average molecular weight is 857 g/mol. The van der Waals surface area contributed by atoms with E-state index < -0.39 is 29.3 Å². The number of carbonyl (C=O) groups excluding carboxylic acids is 4. The summed E-state index contributed by atoms with van der Waals surface area (Å²) in [4.78, 5) is 53.0. The van der Waals surface area contributed by atoms with Crippen molar-refractivity contribution < 1.29 is 56.7 Å². The molecule has 18 heteroatoms. The van der Waals surface area contributed by atoms with E-state index >= 15 is 0 Å². The Balaban J connectivity index is 3.02. The lowest BCUT2D eigenvalue weighted by molar-refractivity contribution is -0.134. The lowest BCUT2D eigenvalue weighted by Gasteiger charge is -2.41. The molecule has 1 atom stereocenters. The Morgan fingerprint density at radius 3 is 1.29 bits per heavy atom. The van der Waals surface area contributed by atoms with Crippen molar-refractivity contribution in [3.05, 3.63) is 0 Å². The molecule has 1 aliphatic carbocycles. The summed E-state index contributed by atoms with van der Waals surface area (Å²) in [5, 5.41) is 10.9. The van der Waals surface area contributed by atoms with Crippen molar-refractivity contribution in [1.82, 2.24) is 21.3 Å². The topological polar surface area (TPSA) is 198 Å². The van der Waals surface area contributed by atoms with Gasteiger partial charge in [-0.1, -0.05) is 50.8 Å².